The lowest BCUT2D eigenvalue weighted by molar-refractivity contribution is 0.238. The number of rotatable bonds is 1. The average Bonchev–Trinajstić information content (AvgIpc) is 2.25. The minimum atomic E-state index is -0.816. The highest BCUT2D eigenvalue weighted by atomic mass is 16.3. The maximum Gasteiger partial charge on any atom is 0.141 e. The van der Waals surface area contributed by atoms with Crippen LogP contribution in [-0.2, 0) is 0 Å². The van der Waals surface area contributed by atoms with E-state index in [1.807, 2.05) is 18.2 Å². The van der Waals surface area contributed by atoms with Crippen molar-refractivity contribution in [2.75, 3.05) is 6.61 Å². The van der Waals surface area contributed by atoms with Gasteiger partial charge in [-0.3, -0.25) is 0 Å². The summed E-state index contributed by atoms with van der Waals surface area (Å²) in [5, 5.41) is 17.9. The molecule has 0 saturated heterocycles. The van der Waals surface area contributed by atoms with Crippen molar-refractivity contribution >= 4 is 0 Å². The summed E-state index contributed by atoms with van der Waals surface area (Å²) in [7, 11) is 0. The fourth-order valence-corrected chi connectivity index (χ4v) is 0.907. The minimum absolute atomic E-state index is 0.212. The molecule has 1 atom stereocenters. The van der Waals surface area contributed by atoms with Crippen molar-refractivity contribution in [1.29, 1.82) is 0 Å². The van der Waals surface area contributed by atoms with Crippen LogP contribution in [0.5, 0.6) is 0 Å². The molecule has 2 heteroatoms. The Morgan fingerprint density at radius 3 is 2.50 bits per heavy atom. The lowest BCUT2D eigenvalue weighted by Gasteiger charge is -2.00. The zero-order valence-corrected chi connectivity index (χ0v) is 7.57. The molecule has 1 unspecified atom stereocenters. The van der Waals surface area contributed by atoms with Crippen LogP contribution in [0.15, 0.2) is 30.3 Å². The first-order chi connectivity index (χ1) is 6.84. The van der Waals surface area contributed by atoms with Gasteiger partial charge in [-0.05, 0) is 17.4 Å². The van der Waals surface area contributed by atoms with E-state index in [4.69, 9.17) is 5.11 Å². The molecule has 0 aromatic heterocycles. The van der Waals surface area contributed by atoms with Crippen LogP contribution in [0.25, 0.3) is 0 Å². The van der Waals surface area contributed by atoms with Gasteiger partial charge < -0.3 is 10.2 Å². The SMILES string of the molecule is OCC#CC#CC(O)c1ccccc1. The van der Waals surface area contributed by atoms with Crippen LogP contribution in [-0.4, -0.2) is 16.8 Å². The second kappa shape index (κ2) is 5.83. The van der Waals surface area contributed by atoms with Crippen molar-refractivity contribution in [3.05, 3.63) is 35.9 Å². The molecule has 1 aromatic carbocycles. The van der Waals surface area contributed by atoms with Crippen LogP contribution >= 0.6 is 0 Å². The normalized spacial score (nSPS) is 10.4. The number of aliphatic hydroxyl groups excluding tert-OH is 2. The second-order valence-corrected chi connectivity index (χ2v) is 2.54. The molecular formula is C12H10O2. The van der Waals surface area contributed by atoms with Crippen molar-refractivity contribution < 1.29 is 10.2 Å². The van der Waals surface area contributed by atoms with Gasteiger partial charge in [0.15, 0.2) is 0 Å². The van der Waals surface area contributed by atoms with E-state index in [2.05, 4.69) is 23.7 Å². The van der Waals surface area contributed by atoms with E-state index in [1.54, 1.807) is 12.1 Å². The van der Waals surface area contributed by atoms with Gasteiger partial charge in [-0.1, -0.05) is 42.2 Å². The Kier molecular flexibility index (Phi) is 4.31. The largest absolute Gasteiger partial charge is 0.384 e. The van der Waals surface area contributed by atoms with E-state index in [0.717, 1.165) is 5.56 Å². The number of hydrogen-bond acceptors (Lipinski definition) is 2. The zero-order chi connectivity index (χ0) is 10.2. The van der Waals surface area contributed by atoms with E-state index in [-0.39, 0.29) is 6.61 Å². The molecule has 1 aromatic rings. The molecule has 0 aliphatic rings. The van der Waals surface area contributed by atoms with Crippen LogP contribution in [0.2, 0.25) is 0 Å². The topological polar surface area (TPSA) is 40.5 Å². The van der Waals surface area contributed by atoms with E-state index >= 15 is 0 Å². The first-order valence-corrected chi connectivity index (χ1v) is 4.17. The van der Waals surface area contributed by atoms with Gasteiger partial charge >= 0.3 is 0 Å². The molecule has 0 bridgehead atoms. The first kappa shape index (κ1) is 10.3. The highest BCUT2D eigenvalue weighted by molar-refractivity contribution is 5.31. The zero-order valence-electron chi connectivity index (χ0n) is 7.57. The van der Waals surface area contributed by atoms with Crippen LogP contribution in [0, 0.1) is 23.7 Å². The second-order valence-electron chi connectivity index (χ2n) is 2.54. The smallest absolute Gasteiger partial charge is 0.141 e. The monoisotopic (exact) mass is 186 g/mol. The van der Waals surface area contributed by atoms with Gasteiger partial charge in [0.1, 0.15) is 12.7 Å². The van der Waals surface area contributed by atoms with Crippen LogP contribution < -0.4 is 0 Å². The Balaban J connectivity index is 2.66. The predicted octanol–water partition coefficient (Wildman–Crippen LogP) is 0.719. The van der Waals surface area contributed by atoms with Crippen LogP contribution in [0.4, 0.5) is 0 Å². The molecule has 0 radical (unpaired) electrons. The Labute approximate surface area is 83.2 Å². The highest BCUT2D eigenvalue weighted by Gasteiger charge is 1.99. The summed E-state index contributed by atoms with van der Waals surface area (Å²) >= 11 is 0. The van der Waals surface area contributed by atoms with E-state index in [1.165, 1.54) is 0 Å². The maximum absolute atomic E-state index is 9.52. The molecule has 2 N–H and O–H groups in total. The Hall–Kier alpha value is -1.74. The summed E-state index contributed by atoms with van der Waals surface area (Å²) in [6, 6.07) is 9.12. The molecule has 70 valence electrons. The number of aliphatic hydroxyl groups is 2. The van der Waals surface area contributed by atoms with Gasteiger partial charge in [0.05, 0.1) is 0 Å². The van der Waals surface area contributed by atoms with Gasteiger partial charge in [0, 0.05) is 0 Å². The molecule has 0 spiro atoms. The molecule has 1 rings (SSSR count). The van der Waals surface area contributed by atoms with Gasteiger partial charge in [-0.2, -0.15) is 0 Å². The van der Waals surface area contributed by atoms with Gasteiger partial charge in [-0.25, -0.2) is 0 Å². The van der Waals surface area contributed by atoms with Crippen molar-refractivity contribution in [3.8, 4) is 23.7 Å². The predicted molar refractivity (Wildman–Crippen MR) is 54.0 cm³/mol. The van der Waals surface area contributed by atoms with Crippen molar-refractivity contribution in [2.24, 2.45) is 0 Å². The third-order valence-corrected chi connectivity index (χ3v) is 1.55. The fourth-order valence-electron chi connectivity index (χ4n) is 0.907. The molecule has 0 aliphatic heterocycles. The van der Waals surface area contributed by atoms with Gasteiger partial charge in [-0.15, -0.1) is 0 Å². The molecule has 2 nitrogen and oxygen atoms in total. The standard InChI is InChI=1S/C12H10O2/c13-10-6-2-5-9-12(14)11-7-3-1-4-8-11/h1,3-4,7-8,12-14H,10H2. The Bertz CT molecular complexity index is 387. The van der Waals surface area contributed by atoms with Crippen molar-refractivity contribution in [1.82, 2.24) is 0 Å². The molecule has 14 heavy (non-hydrogen) atoms. The maximum atomic E-state index is 9.52. The first-order valence-electron chi connectivity index (χ1n) is 4.17. The summed E-state index contributed by atoms with van der Waals surface area (Å²) in [5.74, 6) is 9.81. The van der Waals surface area contributed by atoms with Crippen molar-refractivity contribution in [2.45, 2.75) is 6.10 Å². The number of benzene rings is 1. The van der Waals surface area contributed by atoms with E-state index < -0.39 is 6.10 Å². The third-order valence-electron chi connectivity index (χ3n) is 1.55. The summed E-state index contributed by atoms with van der Waals surface area (Å²) in [4.78, 5) is 0. The molecule has 0 heterocycles. The quantitative estimate of drug-likeness (QED) is 0.634. The molecule has 0 saturated carbocycles. The Morgan fingerprint density at radius 1 is 1.14 bits per heavy atom. The average molecular weight is 186 g/mol. The van der Waals surface area contributed by atoms with Crippen LogP contribution in [0.1, 0.15) is 11.7 Å². The van der Waals surface area contributed by atoms with E-state index in [0.29, 0.717) is 0 Å². The summed E-state index contributed by atoms with van der Waals surface area (Å²) in [5.41, 5.74) is 0.741. The summed E-state index contributed by atoms with van der Waals surface area (Å²) < 4.78 is 0. The molecule has 0 aliphatic carbocycles. The van der Waals surface area contributed by atoms with Gasteiger partial charge in [0.25, 0.3) is 0 Å². The van der Waals surface area contributed by atoms with Crippen LogP contribution in [0.3, 0.4) is 0 Å². The minimum Gasteiger partial charge on any atom is -0.384 e. The highest BCUT2D eigenvalue weighted by Crippen LogP contribution is 2.09. The van der Waals surface area contributed by atoms with Crippen molar-refractivity contribution in [3.63, 3.8) is 0 Å². The lowest BCUT2D eigenvalue weighted by Crippen LogP contribution is -1.91. The third kappa shape index (κ3) is 3.33. The molecule has 0 fully saturated rings. The fraction of sp³-hybridized carbons (Fsp3) is 0.167. The van der Waals surface area contributed by atoms with E-state index in [9.17, 15) is 5.11 Å². The molecule has 0 amide bonds. The lowest BCUT2D eigenvalue weighted by atomic mass is 10.1. The molecular weight excluding hydrogens is 176 g/mol. The Morgan fingerprint density at radius 2 is 1.86 bits per heavy atom. The summed E-state index contributed by atoms with van der Waals surface area (Å²) in [6.07, 6.45) is -0.816. The summed E-state index contributed by atoms with van der Waals surface area (Å²) in [6.45, 7) is -0.212. The van der Waals surface area contributed by atoms with Gasteiger partial charge in [0.2, 0.25) is 0 Å². The number of hydrogen-bond donors (Lipinski definition) is 2.